The molecule has 1 atom stereocenters. The summed E-state index contributed by atoms with van der Waals surface area (Å²) in [6, 6.07) is 39.4. The summed E-state index contributed by atoms with van der Waals surface area (Å²) >= 11 is 0. The third-order valence-corrected chi connectivity index (χ3v) is 7.96. The van der Waals surface area contributed by atoms with Crippen LogP contribution in [-0.2, 0) is 32.6 Å². The van der Waals surface area contributed by atoms with Crippen LogP contribution in [0.3, 0.4) is 0 Å². The molecule has 4 heteroatoms. The maximum atomic E-state index is 3.73. The second kappa shape index (κ2) is 15.0. The Balaban J connectivity index is 0.000000776. The standard InChI is InChI=1S/C36H29.C2H6Si.2ClH.Zr/c1-23(2)19-28-22-34-30(27-18-17-24-9-3-4-10-25(24)20-27)13-7-15-32(34)36(28)33-16-8-14-31-29-12-6-5-11-26(29)21-35(31)33;1-3-2;;;/h3-15,17-18,20,22-23,36H,19,21H2,1-2H3;1-2H3;2*1H;/q-1;;;;+3/p-2. The molecule has 0 aromatic heterocycles. The normalized spacial score (nSPS) is 13.8. The van der Waals surface area contributed by atoms with Crippen molar-refractivity contribution in [3.8, 4) is 22.3 Å². The van der Waals surface area contributed by atoms with Crippen LogP contribution >= 0.6 is 0 Å². The van der Waals surface area contributed by atoms with Crippen LogP contribution in [0, 0.1) is 12.0 Å². The van der Waals surface area contributed by atoms with E-state index in [9.17, 15) is 0 Å². The van der Waals surface area contributed by atoms with E-state index in [1.807, 2.05) is 0 Å². The molecular weight excluding hydrogens is 647 g/mol. The predicted octanol–water partition coefficient (Wildman–Crippen LogP) is 4.25. The Morgan fingerprint density at radius 2 is 1.48 bits per heavy atom. The number of rotatable bonds is 4. The van der Waals surface area contributed by atoms with Gasteiger partial charge >= 0.3 is 26.2 Å². The van der Waals surface area contributed by atoms with Gasteiger partial charge in [0.25, 0.3) is 0 Å². The van der Waals surface area contributed by atoms with Gasteiger partial charge in [0, 0.05) is 15.4 Å². The minimum absolute atomic E-state index is 0. The number of fused-ring (bicyclic) bond motifs is 5. The van der Waals surface area contributed by atoms with Crippen LogP contribution in [0.5, 0.6) is 0 Å². The number of benzene rings is 5. The molecule has 0 saturated heterocycles. The zero-order valence-electron chi connectivity index (χ0n) is 24.6. The Hall–Kier alpha value is -2.22. The van der Waals surface area contributed by atoms with Crippen LogP contribution < -0.4 is 24.8 Å². The zero-order valence-corrected chi connectivity index (χ0v) is 29.6. The summed E-state index contributed by atoms with van der Waals surface area (Å²) in [5.41, 5.74) is 14.0. The van der Waals surface area contributed by atoms with E-state index >= 15 is 0 Å². The van der Waals surface area contributed by atoms with Crippen LogP contribution in [0.2, 0.25) is 13.1 Å². The Kier molecular flexibility index (Phi) is 12.2. The molecule has 5 aromatic carbocycles. The summed E-state index contributed by atoms with van der Waals surface area (Å²) in [7, 11) is 1.08. The molecule has 0 N–H and O–H groups in total. The molecule has 209 valence electrons. The first-order chi connectivity index (χ1) is 19.1. The van der Waals surface area contributed by atoms with Crippen LogP contribution in [0.4, 0.5) is 0 Å². The van der Waals surface area contributed by atoms with Crippen molar-refractivity contribution in [3.05, 3.63) is 137 Å². The molecule has 1 unspecified atom stereocenters. The molecular formula is C38H35Cl2SiZr. The number of hydrogen-bond donors (Lipinski definition) is 0. The predicted molar refractivity (Wildman–Crippen MR) is 170 cm³/mol. The Morgan fingerprint density at radius 1 is 0.786 bits per heavy atom. The molecule has 0 fully saturated rings. The van der Waals surface area contributed by atoms with Gasteiger partial charge in [0.15, 0.2) is 0 Å². The van der Waals surface area contributed by atoms with Crippen molar-refractivity contribution in [3.63, 3.8) is 0 Å². The largest absolute Gasteiger partial charge is 3.00 e. The Labute approximate surface area is 285 Å². The minimum atomic E-state index is 0. The first-order valence-corrected chi connectivity index (χ1v) is 16.1. The number of allylic oxidation sites excluding steroid dienone is 1. The maximum absolute atomic E-state index is 3.73. The Bertz CT molecular complexity index is 1710. The molecule has 0 amide bonds. The molecule has 2 aliphatic carbocycles. The molecule has 0 heterocycles. The van der Waals surface area contributed by atoms with Gasteiger partial charge in [-0.2, -0.15) is 18.2 Å². The molecule has 5 aromatic rings. The maximum Gasteiger partial charge on any atom is 3.00 e. The minimum Gasteiger partial charge on any atom is -1.00 e. The molecule has 0 bridgehead atoms. The van der Waals surface area contributed by atoms with Gasteiger partial charge in [-0.3, -0.25) is 0 Å². The van der Waals surface area contributed by atoms with E-state index in [1.165, 1.54) is 66.4 Å². The van der Waals surface area contributed by atoms with E-state index in [-0.39, 0.29) is 56.9 Å². The average Bonchev–Trinajstić information content (AvgIpc) is 3.51. The fourth-order valence-electron chi connectivity index (χ4n) is 6.44. The first-order valence-electron chi connectivity index (χ1n) is 14.1. The third kappa shape index (κ3) is 6.48. The monoisotopic (exact) mass is 679 g/mol. The van der Waals surface area contributed by atoms with Gasteiger partial charge in [-0.05, 0) is 69.0 Å². The summed E-state index contributed by atoms with van der Waals surface area (Å²) in [6.45, 7) is 8.97. The van der Waals surface area contributed by atoms with E-state index < -0.39 is 0 Å². The molecule has 42 heavy (non-hydrogen) atoms. The molecule has 0 aliphatic heterocycles. The van der Waals surface area contributed by atoms with Crippen molar-refractivity contribution < 1.29 is 51.0 Å². The van der Waals surface area contributed by atoms with E-state index in [2.05, 4.69) is 136 Å². The Morgan fingerprint density at radius 3 is 2.24 bits per heavy atom. The van der Waals surface area contributed by atoms with Crippen LogP contribution in [0.15, 0.2) is 103 Å². The summed E-state index contributed by atoms with van der Waals surface area (Å²) in [6.07, 6.45) is 4.60. The van der Waals surface area contributed by atoms with Crippen molar-refractivity contribution in [2.24, 2.45) is 5.92 Å². The van der Waals surface area contributed by atoms with E-state index in [0.29, 0.717) is 5.92 Å². The van der Waals surface area contributed by atoms with E-state index in [0.717, 1.165) is 22.4 Å². The molecule has 3 radical (unpaired) electrons. The number of hydrogen-bond acceptors (Lipinski definition) is 0. The average molecular weight is 682 g/mol. The van der Waals surface area contributed by atoms with Gasteiger partial charge in [0.05, 0.1) is 0 Å². The zero-order chi connectivity index (χ0) is 26.9. The summed E-state index contributed by atoms with van der Waals surface area (Å²) in [5.74, 6) is 0.873. The topological polar surface area (TPSA) is 0 Å². The molecule has 0 saturated carbocycles. The van der Waals surface area contributed by atoms with E-state index in [1.54, 1.807) is 0 Å². The summed E-state index contributed by atoms with van der Waals surface area (Å²) in [5, 5.41) is 2.58. The molecule has 7 rings (SSSR count). The first kappa shape index (κ1) is 34.3. The second-order valence-corrected chi connectivity index (χ2v) is 12.2. The fourth-order valence-corrected chi connectivity index (χ4v) is 6.44. The van der Waals surface area contributed by atoms with Gasteiger partial charge in [0.2, 0.25) is 0 Å². The molecule has 0 nitrogen and oxygen atoms in total. The van der Waals surface area contributed by atoms with Crippen LogP contribution in [-0.4, -0.2) is 9.52 Å². The number of halogens is 2. The molecule has 0 spiro atoms. The SMILES string of the molecule is CC(C)CC1=Cc2c(-c3ccc4ccccc4c3)cccc2C1c1[c-]ccc2c1Cc1ccccc1-2.C[Si]C.[Cl-].[Cl-].[Zr+3]. The van der Waals surface area contributed by atoms with Crippen molar-refractivity contribution in [2.45, 2.75) is 45.7 Å². The van der Waals surface area contributed by atoms with Crippen LogP contribution in [0.1, 0.15) is 54.0 Å². The summed E-state index contributed by atoms with van der Waals surface area (Å²) < 4.78 is 0. The quantitative estimate of drug-likeness (QED) is 0.193. The molecule has 2 aliphatic rings. The van der Waals surface area contributed by atoms with Gasteiger partial charge in [0.1, 0.15) is 0 Å². The third-order valence-electron chi connectivity index (χ3n) is 7.96. The second-order valence-electron chi connectivity index (χ2n) is 11.2. The fraction of sp³-hybridized carbons (Fsp3) is 0.211. The van der Waals surface area contributed by atoms with Crippen molar-refractivity contribution in [2.75, 3.05) is 0 Å². The smallest absolute Gasteiger partial charge is 1.00 e. The van der Waals surface area contributed by atoms with Crippen molar-refractivity contribution in [1.29, 1.82) is 0 Å². The van der Waals surface area contributed by atoms with Crippen molar-refractivity contribution in [1.82, 2.24) is 0 Å². The van der Waals surface area contributed by atoms with Gasteiger partial charge in [-0.25, -0.2) is 0 Å². The van der Waals surface area contributed by atoms with E-state index in [4.69, 9.17) is 0 Å². The summed E-state index contributed by atoms with van der Waals surface area (Å²) in [4.78, 5) is 0. The van der Waals surface area contributed by atoms with Crippen LogP contribution in [0.25, 0.3) is 39.1 Å². The van der Waals surface area contributed by atoms with Gasteiger partial charge in [-0.15, -0.1) is 16.7 Å². The van der Waals surface area contributed by atoms with Crippen molar-refractivity contribution >= 4 is 26.4 Å². The van der Waals surface area contributed by atoms with Gasteiger partial charge in [-0.1, -0.05) is 117 Å². The van der Waals surface area contributed by atoms with Gasteiger partial charge < -0.3 is 24.8 Å².